The monoisotopic (exact) mass is 339 g/mol. The Morgan fingerprint density at radius 1 is 1.17 bits per heavy atom. The van der Waals surface area contributed by atoms with Gasteiger partial charge >= 0.3 is 0 Å². The Morgan fingerprint density at radius 3 is 2.75 bits per heavy atom. The van der Waals surface area contributed by atoms with Gasteiger partial charge in [0.25, 0.3) is 5.91 Å². The number of nitrogens with one attached hydrogen (secondary N) is 2. The van der Waals surface area contributed by atoms with Crippen LogP contribution >= 0.6 is 11.3 Å². The fraction of sp³-hybridized carbons (Fsp3) is 0.250. The standard InChI is InChI=1S/C20H22N2OS/c1-15(18-9-5-7-17-6-3-4-8-19(17)18)21-20(23)13-22(2)12-16-10-11-24-14-16/h3-11,14-15H,12-13H2,1-2H3,(H,21,23)/p+1/t15-/m1/s1. The van der Waals surface area contributed by atoms with E-state index in [-0.39, 0.29) is 11.9 Å². The predicted octanol–water partition coefficient (Wildman–Crippen LogP) is 2.79. The maximum absolute atomic E-state index is 12.4. The lowest BCUT2D eigenvalue weighted by Crippen LogP contribution is -3.08. The van der Waals surface area contributed by atoms with Crippen LogP contribution < -0.4 is 10.2 Å². The number of carbonyl (C=O) groups excluding carboxylic acids is 1. The lowest BCUT2D eigenvalue weighted by Gasteiger charge is -2.18. The van der Waals surface area contributed by atoms with Gasteiger partial charge in [0.1, 0.15) is 6.54 Å². The van der Waals surface area contributed by atoms with Crippen molar-refractivity contribution in [3.05, 3.63) is 70.4 Å². The fourth-order valence-corrected chi connectivity index (χ4v) is 3.75. The minimum Gasteiger partial charge on any atom is -0.345 e. The summed E-state index contributed by atoms with van der Waals surface area (Å²) in [5.41, 5.74) is 2.45. The van der Waals surface area contributed by atoms with Crippen LogP contribution in [0.3, 0.4) is 0 Å². The van der Waals surface area contributed by atoms with Gasteiger partial charge in [-0.2, -0.15) is 11.3 Å². The molecule has 1 unspecified atom stereocenters. The summed E-state index contributed by atoms with van der Waals surface area (Å²) >= 11 is 1.70. The highest BCUT2D eigenvalue weighted by molar-refractivity contribution is 7.07. The zero-order valence-corrected chi connectivity index (χ0v) is 14.9. The molecule has 124 valence electrons. The molecular formula is C20H23N2OS+. The summed E-state index contributed by atoms with van der Waals surface area (Å²) in [5, 5.41) is 9.76. The lowest BCUT2D eigenvalue weighted by atomic mass is 10.00. The van der Waals surface area contributed by atoms with Crippen molar-refractivity contribution >= 4 is 28.0 Å². The molecule has 2 atom stereocenters. The van der Waals surface area contributed by atoms with Gasteiger partial charge in [-0.05, 0) is 40.1 Å². The largest absolute Gasteiger partial charge is 0.345 e. The van der Waals surface area contributed by atoms with Crippen LogP contribution in [0, 0.1) is 0 Å². The zero-order valence-electron chi connectivity index (χ0n) is 14.1. The summed E-state index contributed by atoms with van der Waals surface area (Å²) in [5.74, 6) is 0.0863. The molecule has 1 aromatic heterocycles. The van der Waals surface area contributed by atoms with Gasteiger partial charge in [-0.1, -0.05) is 42.5 Å². The molecule has 0 radical (unpaired) electrons. The number of quaternary nitrogens is 1. The minimum atomic E-state index is -0.00227. The molecule has 0 spiro atoms. The van der Waals surface area contributed by atoms with E-state index < -0.39 is 0 Å². The summed E-state index contributed by atoms with van der Waals surface area (Å²) in [7, 11) is 2.06. The van der Waals surface area contributed by atoms with E-state index >= 15 is 0 Å². The number of carbonyl (C=O) groups is 1. The van der Waals surface area contributed by atoms with Crippen LogP contribution in [-0.2, 0) is 11.3 Å². The van der Waals surface area contributed by atoms with Crippen LogP contribution in [-0.4, -0.2) is 19.5 Å². The Balaban J connectivity index is 1.63. The van der Waals surface area contributed by atoms with Crippen molar-refractivity contribution in [3.8, 4) is 0 Å². The smallest absolute Gasteiger partial charge is 0.275 e. The highest BCUT2D eigenvalue weighted by atomic mass is 32.1. The molecule has 2 N–H and O–H groups in total. The number of fused-ring (bicyclic) bond motifs is 1. The van der Waals surface area contributed by atoms with Crippen molar-refractivity contribution in [3.63, 3.8) is 0 Å². The molecule has 0 saturated heterocycles. The van der Waals surface area contributed by atoms with E-state index in [0.717, 1.165) is 12.1 Å². The van der Waals surface area contributed by atoms with Gasteiger partial charge in [-0.3, -0.25) is 4.79 Å². The van der Waals surface area contributed by atoms with Crippen molar-refractivity contribution < 1.29 is 9.69 Å². The van der Waals surface area contributed by atoms with Gasteiger partial charge in [-0.25, -0.2) is 0 Å². The molecule has 3 nitrogen and oxygen atoms in total. The van der Waals surface area contributed by atoms with Crippen molar-refractivity contribution in [2.45, 2.75) is 19.5 Å². The molecule has 1 amide bonds. The Morgan fingerprint density at radius 2 is 1.96 bits per heavy atom. The first-order valence-electron chi connectivity index (χ1n) is 8.23. The quantitative estimate of drug-likeness (QED) is 0.711. The fourth-order valence-electron chi connectivity index (χ4n) is 3.08. The average molecular weight is 339 g/mol. The first-order valence-corrected chi connectivity index (χ1v) is 9.17. The highest BCUT2D eigenvalue weighted by Gasteiger charge is 2.15. The van der Waals surface area contributed by atoms with Gasteiger partial charge in [0, 0.05) is 5.56 Å². The maximum atomic E-state index is 12.4. The van der Waals surface area contributed by atoms with Gasteiger partial charge in [0.15, 0.2) is 6.54 Å². The summed E-state index contributed by atoms with van der Waals surface area (Å²) in [6.45, 7) is 3.40. The maximum Gasteiger partial charge on any atom is 0.275 e. The van der Waals surface area contributed by atoms with E-state index in [0.29, 0.717) is 6.54 Å². The Hall–Kier alpha value is -2.17. The molecule has 3 aromatic rings. The second-order valence-corrected chi connectivity index (χ2v) is 7.08. The van der Waals surface area contributed by atoms with Crippen LogP contribution in [0.1, 0.15) is 24.1 Å². The predicted molar refractivity (Wildman–Crippen MR) is 100 cm³/mol. The third-order valence-electron chi connectivity index (χ3n) is 4.22. The number of likely N-dealkylation sites (N-methyl/N-ethyl adjacent to an activating group) is 1. The molecule has 0 saturated carbocycles. The van der Waals surface area contributed by atoms with Crippen LogP contribution in [0.15, 0.2) is 59.3 Å². The summed E-state index contributed by atoms with van der Waals surface area (Å²) in [6.07, 6.45) is 0. The van der Waals surface area contributed by atoms with E-state index in [4.69, 9.17) is 0 Å². The second kappa shape index (κ2) is 7.60. The summed E-state index contributed by atoms with van der Waals surface area (Å²) in [4.78, 5) is 13.6. The van der Waals surface area contributed by atoms with Crippen LogP contribution in [0.5, 0.6) is 0 Å². The second-order valence-electron chi connectivity index (χ2n) is 6.30. The Bertz CT molecular complexity index is 808. The minimum absolute atomic E-state index is 0.00227. The number of hydrogen-bond donors (Lipinski definition) is 2. The third-order valence-corrected chi connectivity index (χ3v) is 4.95. The van der Waals surface area contributed by atoms with Gasteiger partial charge in [-0.15, -0.1) is 0 Å². The molecule has 0 aliphatic carbocycles. The third kappa shape index (κ3) is 4.02. The van der Waals surface area contributed by atoms with Crippen LogP contribution in [0.25, 0.3) is 10.8 Å². The SMILES string of the molecule is C[C@@H](NC(=O)C[NH+](C)Cc1ccsc1)c1cccc2ccccc12. The molecule has 2 aromatic carbocycles. The van der Waals surface area contributed by atoms with E-state index in [1.54, 1.807) is 11.3 Å². The molecule has 1 heterocycles. The molecular weight excluding hydrogens is 316 g/mol. The highest BCUT2D eigenvalue weighted by Crippen LogP contribution is 2.23. The van der Waals surface area contributed by atoms with E-state index in [1.807, 2.05) is 25.1 Å². The molecule has 3 rings (SSSR count). The Labute approximate surface area is 146 Å². The van der Waals surface area contributed by atoms with Crippen molar-refractivity contribution in [1.82, 2.24) is 5.32 Å². The molecule has 24 heavy (non-hydrogen) atoms. The summed E-state index contributed by atoms with van der Waals surface area (Å²) < 4.78 is 0. The normalized spacial score (nSPS) is 13.6. The first kappa shape index (κ1) is 16.7. The van der Waals surface area contributed by atoms with Crippen molar-refractivity contribution in [2.75, 3.05) is 13.6 Å². The molecule has 0 bridgehead atoms. The van der Waals surface area contributed by atoms with Gasteiger partial charge < -0.3 is 10.2 Å². The topological polar surface area (TPSA) is 33.5 Å². The van der Waals surface area contributed by atoms with E-state index in [9.17, 15) is 4.79 Å². The van der Waals surface area contributed by atoms with Crippen molar-refractivity contribution in [2.24, 2.45) is 0 Å². The molecule has 0 aliphatic heterocycles. The van der Waals surface area contributed by atoms with Crippen molar-refractivity contribution in [1.29, 1.82) is 0 Å². The summed E-state index contributed by atoms with van der Waals surface area (Å²) in [6, 6.07) is 16.7. The zero-order chi connectivity index (χ0) is 16.9. The van der Waals surface area contributed by atoms with Gasteiger partial charge in [0.2, 0.25) is 0 Å². The molecule has 0 aliphatic rings. The average Bonchev–Trinajstić information content (AvgIpc) is 3.06. The van der Waals surface area contributed by atoms with Crippen LogP contribution in [0.4, 0.5) is 0 Å². The Kier molecular flexibility index (Phi) is 5.28. The van der Waals surface area contributed by atoms with Crippen LogP contribution in [0.2, 0.25) is 0 Å². The molecule has 4 heteroatoms. The van der Waals surface area contributed by atoms with E-state index in [2.05, 4.69) is 53.5 Å². The first-order chi connectivity index (χ1) is 11.6. The number of benzene rings is 2. The number of thiophene rings is 1. The number of rotatable bonds is 6. The molecule has 0 fully saturated rings. The number of amides is 1. The van der Waals surface area contributed by atoms with Gasteiger partial charge in [0.05, 0.1) is 13.1 Å². The lowest BCUT2D eigenvalue weighted by molar-refractivity contribution is -0.885. The van der Waals surface area contributed by atoms with E-state index in [1.165, 1.54) is 21.2 Å². The number of hydrogen-bond acceptors (Lipinski definition) is 2.